The van der Waals surface area contributed by atoms with Crippen molar-refractivity contribution in [2.75, 3.05) is 18.8 Å². The Morgan fingerprint density at radius 1 is 1.39 bits per heavy atom. The second-order valence-electron chi connectivity index (χ2n) is 4.36. The SMILES string of the molecule is CC(C)NCCS(=O)(=O)NCCCc1ncn[nH]1. The number of hydrogen-bond acceptors (Lipinski definition) is 5. The monoisotopic (exact) mass is 275 g/mol. The van der Waals surface area contributed by atoms with E-state index in [4.69, 9.17) is 0 Å². The summed E-state index contributed by atoms with van der Waals surface area (Å²) in [7, 11) is -3.18. The van der Waals surface area contributed by atoms with Crippen LogP contribution in [0.2, 0.25) is 0 Å². The Hall–Kier alpha value is -0.990. The number of aromatic amines is 1. The van der Waals surface area contributed by atoms with E-state index in [1.807, 2.05) is 13.8 Å². The van der Waals surface area contributed by atoms with Crippen LogP contribution in [-0.2, 0) is 16.4 Å². The van der Waals surface area contributed by atoms with Crippen molar-refractivity contribution >= 4 is 10.0 Å². The number of aromatic nitrogens is 3. The lowest BCUT2D eigenvalue weighted by molar-refractivity contribution is 0.564. The van der Waals surface area contributed by atoms with E-state index >= 15 is 0 Å². The lowest BCUT2D eigenvalue weighted by Crippen LogP contribution is -2.34. The minimum Gasteiger partial charge on any atom is -0.313 e. The lowest BCUT2D eigenvalue weighted by Gasteiger charge is -2.09. The summed E-state index contributed by atoms with van der Waals surface area (Å²) in [5, 5.41) is 9.53. The third kappa shape index (κ3) is 6.67. The number of rotatable bonds is 9. The van der Waals surface area contributed by atoms with Gasteiger partial charge in [-0.25, -0.2) is 18.1 Å². The number of aryl methyl sites for hydroxylation is 1. The Balaban J connectivity index is 2.13. The van der Waals surface area contributed by atoms with Gasteiger partial charge in [0.25, 0.3) is 0 Å². The first-order valence-corrected chi connectivity index (χ1v) is 7.70. The number of H-pyrrole nitrogens is 1. The highest BCUT2D eigenvalue weighted by atomic mass is 32.2. The summed E-state index contributed by atoms with van der Waals surface area (Å²) >= 11 is 0. The van der Waals surface area contributed by atoms with Crippen LogP contribution in [-0.4, -0.2) is 48.5 Å². The van der Waals surface area contributed by atoms with E-state index in [9.17, 15) is 8.42 Å². The van der Waals surface area contributed by atoms with Gasteiger partial charge >= 0.3 is 0 Å². The Bertz CT molecular complexity index is 415. The summed E-state index contributed by atoms with van der Waals surface area (Å²) in [6.45, 7) is 4.86. The molecule has 0 fully saturated rings. The number of hydrogen-bond donors (Lipinski definition) is 3. The van der Waals surface area contributed by atoms with Crippen molar-refractivity contribution in [1.29, 1.82) is 0 Å². The van der Waals surface area contributed by atoms with Gasteiger partial charge in [0.2, 0.25) is 10.0 Å². The average Bonchev–Trinajstić information content (AvgIpc) is 2.76. The maximum atomic E-state index is 11.6. The molecule has 104 valence electrons. The second-order valence-corrected chi connectivity index (χ2v) is 6.28. The van der Waals surface area contributed by atoms with Gasteiger partial charge in [-0.15, -0.1) is 0 Å². The smallest absolute Gasteiger partial charge is 0.212 e. The predicted molar refractivity (Wildman–Crippen MR) is 69.6 cm³/mol. The highest BCUT2D eigenvalue weighted by Crippen LogP contribution is 1.93. The summed E-state index contributed by atoms with van der Waals surface area (Å²) < 4.78 is 25.7. The molecule has 1 aromatic heterocycles. The Morgan fingerprint density at radius 3 is 2.78 bits per heavy atom. The molecule has 1 aromatic rings. The zero-order valence-corrected chi connectivity index (χ0v) is 11.6. The van der Waals surface area contributed by atoms with Crippen molar-refractivity contribution in [2.24, 2.45) is 0 Å². The zero-order valence-electron chi connectivity index (χ0n) is 10.8. The van der Waals surface area contributed by atoms with E-state index in [1.165, 1.54) is 6.33 Å². The van der Waals surface area contributed by atoms with Gasteiger partial charge in [-0.05, 0) is 6.42 Å². The first-order chi connectivity index (χ1) is 8.49. The van der Waals surface area contributed by atoms with Crippen molar-refractivity contribution in [3.8, 4) is 0 Å². The predicted octanol–water partition coefficient (Wildman–Crippen LogP) is -0.345. The molecule has 0 aliphatic carbocycles. The minimum absolute atomic E-state index is 0.105. The molecule has 0 unspecified atom stereocenters. The van der Waals surface area contributed by atoms with Crippen molar-refractivity contribution in [2.45, 2.75) is 32.7 Å². The maximum Gasteiger partial charge on any atom is 0.212 e. The van der Waals surface area contributed by atoms with Gasteiger partial charge < -0.3 is 5.32 Å². The molecule has 0 bridgehead atoms. The fourth-order valence-corrected chi connectivity index (χ4v) is 2.38. The van der Waals surface area contributed by atoms with E-state index in [-0.39, 0.29) is 5.75 Å². The third-order valence-corrected chi connectivity index (χ3v) is 3.69. The standard InChI is InChI=1S/C10H21N5O2S/c1-9(2)11-6-7-18(16,17)14-5-3-4-10-12-8-13-15-10/h8-9,11,14H,3-7H2,1-2H3,(H,12,13,15). The second kappa shape index (κ2) is 7.45. The third-order valence-electron chi connectivity index (χ3n) is 2.30. The molecule has 0 aliphatic rings. The van der Waals surface area contributed by atoms with E-state index in [2.05, 4.69) is 25.2 Å². The van der Waals surface area contributed by atoms with Gasteiger partial charge in [-0.3, -0.25) is 5.10 Å². The largest absolute Gasteiger partial charge is 0.313 e. The van der Waals surface area contributed by atoms with Gasteiger partial charge in [0.05, 0.1) is 5.75 Å². The van der Waals surface area contributed by atoms with Crippen LogP contribution in [0.5, 0.6) is 0 Å². The van der Waals surface area contributed by atoms with Crippen LogP contribution in [0.1, 0.15) is 26.1 Å². The van der Waals surface area contributed by atoms with Crippen LogP contribution < -0.4 is 10.0 Å². The molecule has 0 aliphatic heterocycles. The fourth-order valence-electron chi connectivity index (χ4n) is 1.39. The molecule has 0 saturated heterocycles. The van der Waals surface area contributed by atoms with Crippen LogP contribution in [0.3, 0.4) is 0 Å². The number of sulfonamides is 1. The molecule has 0 amide bonds. The summed E-state index contributed by atoms with van der Waals surface area (Å²) in [6.07, 6.45) is 2.83. The highest BCUT2D eigenvalue weighted by Gasteiger charge is 2.09. The Kier molecular flexibility index (Phi) is 6.23. The van der Waals surface area contributed by atoms with Gasteiger partial charge in [-0.1, -0.05) is 13.8 Å². The van der Waals surface area contributed by atoms with Crippen molar-refractivity contribution in [3.63, 3.8) is 0 Å². The van der Waals surface area contributed by atoms with E-state index < -0.39 is 10.0 Å². The van der Waals surface area contributed by atoms with E-state index in [0.29, 0.717) is 32.0 Å². The average molecular weight is 275 g/mol. The molecule has 18 heavy (non-hydrogen) atoms. The summed E-state index contributed by atoms with van der Waals surface area (Å²) in [4.78, 5) is 3.97. The lowest BCUT2D eigenvalue weighted by atomic mass is 10.3. The Labute approximate surface area is 108 Å². The van der Waals surface area contributed by atoms with Crippen LogP contribution in [0.4, 0.5) is 0 Å². The summed E-state index contributed by atoms with van der Waals surface area (Å²) in [5.74, 6) is 0.878. The normalized spacial score (nSPS) is 12.2. The van der Waals surface area contributed by atoms with Crippen LogP contribution in [0.15, 0.2) is 6.33 Å². The first-order valence-electron chi connectivity index (χ1n) is 6.04. The quantitative estimate of drug-likeness (QED) is 0.535. The van der Waals surface area contributed by atoms with Crippen LogP contribution in [0, 0.1) is 0 Å². The van der Waals surface area contributed by atoms with Gasteiger partial charge in [0.15, 0.2) is 0 Å². The first kappa shape index (κ1) is 15.1. The van der Waals surface area contributed by atoms with Crippen molar-refractivity contribution < 1.29 is 8.42 Å². The van der Waals surface area contributed by atoms with Crippen molar-refractivity contribution in [3.05, 3.63) is 12.2 Å². The molecule has 7 nitrogen and oxygen atoms in total. The summed E-state index contributed by atoms with van der Waals surface area (Å²) in [5.41, 5.74) is 0. The zero-order chi connectivity index (χ0) is 13.4. The molecular weight excluding hydrogens is 254 g/mol. The van der Waals surface area contributed by atoms with Crippen LogP contribution in [0.25, 0.3) is 0 Å². The van der Waals surface area contributed by atoms with Gasteiger partial charge in [0, 0.05) is 25.6 Å². The highest BCUT2D eigenvalue weighted by molar-refractivity contribution is 7.89. The van der Waals surface area contributed by atoms with Gasteiger partial charge in [-0.2, -0.15) is 5.10 Å². The molecule has 0 aromatic carbocycles. The summed E-state index contributed by atoms with van der Waals surface area (Å²) in [6, 6.07) is 0.298. The molecule has 8 heteroatoms. The minimum atomic E-state index is -3.18. The van der Waals surface area contributed by atoms with Crippen molar-refractivity contribution in [1.82, 2.24) is 25.2 Å². The van der Waals surface area contributed by atoms with Crippen LogP contribution >= 0.6 is 0 Å². The number of nitrogens with one attached hydrogen (secondary N) is 3. The molecule has 1 rings (SSSR count). The Morgan fingerprint density at radius 2 is 2.17 bits per heavy atom. The number of nitrogens with zero attached hydrogens (tertiary/aromatic N) is 2. The maximum absolute atomic E-state index is 11.6. The molecule has 1 heterocycles. The molecule has 0 spiro atoms. The molecular formula is C10H21N5O2S. The molecule has 0 radical (unpaired) electrons. The molecule has 0 atom stereocenters. The van der Waals surface area contributed by atoms with E-state index in [1.54, 1.807) is 0 Å². The fraction of sp³-hybridized carbons (Fsp3) is 0.800. The van der Waals surface area contributed by atoms with Gasteiger partial charge in [0.1, 0.15) is 12.2 Å². The topological polar surface area (TPSA) is 99.8 Å². The molecule has 3 N–H and O–H groups in total. The molecule has 0 saturated carbocycles. The van der Waals surface area contributed by atoms with E-state index in [0.717, 1.165) is 5.82 Å².